The van der Waals surface area contributed by atoms with E-state index in [4.69, 9.17) is 9.47 Å². The number of fused-ring (bicyclic) bond motifs is 1. The molecule has 1 amide bonds. The van der Waals surface area contributed by atoms with Gasteiger partial charge < -0.3 is 14.8 Å². The maximum absolute atomic E-state index is 13.0. The Kier molecular flexibility index (Phi) is 4.99. The van der Waals surface area contributed by atoms with E-state index in [9.17, 15) is 4.79 Å². The van der Waals surface area contributed by atoms with Crippen LogP contribution in [-0.2, 0) is 19.9 Å². The fraction of sp³-hybridized carbons (Fsp3) is 0.348. The minimum absolute atomic E-state index is 0.0447. The zero-order chi connectivity index (χ0) is 18.7. The summed E-state index contributed by atoms with van der Waals surface area (Å²) in [5.74, 6) is 0.423. The van der Waals surface area contributed by atoms with Crippen LogP contribution < -0.4 is 5.32 Å². The normalized spacial score (nSPS) is 22.6. The summed E-state index contributed by atoms with van der Waals surface area (Å²) in [6.45, 7) is 3.69. The Morgan fingerprint density at radius 2 is 1.59 bits per heavy atom. The molecule has 2 aromatic carbocycles. The Morgan fingerprint density at radius 1 is 0.963 bits per heavy atom. The van der Waals surface area contributed by atoms with Crippen LogP contribution in [0.2, 0.25) is 0 Å². The summed E-state index contributed by atoms with van der Waals surface area (Å²) in [6, 6.07) is 20.3. The molecule has 1 unspecified atom stereocenters. The van der Waals surface area contributed by atoms with Crippen molar-refractivity contribution in [1.29, 1.82) is 0 Å². The number of hydrogen-bond donors (Lipinski definition) is 1. The lowest BCUT2D eigenvalue weighted by Crippen LogP contribution is -2.41. The summed E-state index contributed by atoms with van der Waals surface area (Å²) in [5.41, 5.74) is 2.00. The van der Waals surface area contributed by atoms with Gasteiger partial charge in [0.15, 0.2) is 5.60 Å². The van der Waals surface area contributed by atoms with Gasteiger partial charge in [-0.25, -0.2) is 0 Å². The first-order valence-corrected chi connectivity index (χ1v) is 9.60. The third-order valence-corrected chi connectivity index (χ3v) is 5.47. The van der Waals surface area contributed by atoms with Gasteiger partial charge in [-0.15, -0.1) is 0 Å². The molecule has 0 spiro atoms. The molecule has 1 saturated heterocycles. The highest BCUT2D eigenvalue weighted by Crippen LogP contribution is 2.51. The molecule has 4 heteroatoms. The van der Waals surface area contributed by atoms with Gasteiger partial charge in [0.1, 0.15) is 5.76 Å². The zero-order valence-electron chi connectivity index (χ0n) is 15.6. The van der Waals surface area contributed by atoms with Crippen LogP contribution in [0.5, 0.6) is 0 Å². The smallest absolute Gasteiger partial charge is 0.251 e. The van der Waals surface area contributed by atoms with Gasteiger partial charge >= 0.3 is 0 Å². The Hall–Kier alpha value is -2.59. The number of benzene rings is 2. The third kappa shape index (κ3) is 3.15. The average Bonchev–Trinajstić information content (AvgIpc) is 3.02. The predicted molar refractivity (Wildman–Crippen MR) is 104 cm³/mol. The van der Waals surface area contributed by atoms with Crippen LogP contribution >= 0.6 is 0 Å². The largest absolute Gasteiger partial charge is 0.481 e. The molecular formula is C23H25NO3. The Labute approximate surface area is 160 Å². The third-order valence-electron chi connectivity index (χ3n) is 5.47. The van der Waals surface area contributed by atoms with E-state index in [0.29, 0.717) is 31.1 Å². The van der Waals surface area contributed by atoms with E-state index in [1.54, 1.807) is 0 Å². The minimum Gasteiger partial charge on any atom is -0.481 e. The Balaban J connectivity index is 1.88. The standard InChI is InChI=1S/C23H25NO3/c1-17-21-20(16-26-15-9-8-14-24-22(21)25)23(27-17,18-10-4-2-5-11-18)19-12-6-3-7-13-19/h2-7,10-13,20H,8-9,14-16H2,1H3,(H,24,25). The van der Waals surface area contributed by atoms with Crippen molar-refractivity contribution in [3.63, 3.8) is 0 Å². The molecule has 2 aliphatic heterocycles. The second kappa shape index (κ2) is 7.57. The van der Waals surface area contributed by atoms with Gasteiger partial charge in [-0.1, -0.05) is 60.7 Å². The highest BCUT2D eigenvalue weighted by atomic mass is 16.5. The van der Waals surface area contributed by atoms with E-state index in [2.05, 4.69) is 29.6 Å². The quantitative estimate of drug-likeness (QED) is 0.883. The minimum atomic E-state index is -0.765. The Bertz CT molecular complexity index is 790. The van der Waals surface area contributed by atoms with Gasteiger partial charge in [-0.05, 0) is 19.8 Å². The molecule has 140 valence electrons. The summed E-state index contributed by atoms with van der Waals surface area (Å²) in [6.07, 6.45) is 1.86. The molecule has 2 heterocycles. The van der Waals surface area contributed by atoms with Gasteiger partial charge in [0.2, 0.25) is 0 Å². The predicted octanol–water partition coefficient (Wildman–Crippen LogP) is 3.78. The first-order chi connectivity index (χ1) is 13.2. The van der Waals surface area contributed by atoms with E-state index in [1.807, 2.05) is 43.3 Å². The van der Waals surface area contributed by atoms with Crippen LogP contribution in [0.1, 0.15) is 30.9 Å². The van der Waals surface area contributed by atoms with Crippen molar-refractivity contribution in [2.24, 2.45) is 5.92 Å². The highest BCUT2D eigenvalue weighted by molar-refractivity contribution is 5.95. The van der Waals surface area contributed by atoms with Crippen molar-refractivity contribution in [1.82, 2.24) is 5.32 Å². The number of amides is 1. The molecule has 1 N–H and O–H groups in total. The lowest BCUT2D eigenvalue weighted by molar-refractivity contribution is -0.118. The maximum Gasteiger partial charge on any atom is 0.251 e. The zero-order valence-corrected chi connectivity index (χ0v) is 15.6. The molecule has 4 rings (SSSR count). The number of ether oxygens (including phenoxy) is 2. The monoisotopic (exact) mass is 363 g/mol. The number of carbonyl (C=O) groups excluding carboxylic acids is 1. The number of nitrogens with one attached hydrogen (secondary N) is 1. The lowest BCUT2D eigenvalue weighted by atomic mass is 9.74. The van der Waals surface area contributed by atoms with Crippen LogP contribution in [0.3, 0.4) is 0 Å². The first kappa shape index (κ1) is 17.8. The summed E-state index contributed by atoms with van der Waals surface area (Å²) in [7, 11) is 0. The van der Waals surface area contributed by atoms with E-state index in [1.165, 1.54) is 0 Å². The molecule has 1 fully saturated rings. The molecule has 0 aliphatic carbocycles. The van der Waals surface area contributed by atoms with E-state index in [-0.39, 0.29) is 11.8 Å². The number of allylic oxidation sites excluding steroid dienone is 1. The second-order valence-corrected chi connectivity index (χ2v) is 7.13. The maximum atomic E-state index is 13.0. The number of rotatable bonds is 2. The molecule has 27 heavy (non-hydrogen) atoms. The van der Waals surface area contributed by atoms with Crippen LogP contribution in [-0.4, -0.2) is 25.7 Å². The van der Waals surface area contributed by atoms with Crippen molar-refractivity contribution in [3.8, 4) is 0 Å². The van der Waals surface area contributed by atoms with Crippen LogP contribution in [0, 0.1) is 5.92 Å². The molecule has 0 radical (unpaired) electrons. The fourth-order valence-electron chi connectivity index (χ4n) is 4.22. The molecule has 0 aromatic heterocycles. The molecule has 4 nitrogen and oxygen atoms in total. The molecular weight excluding hydrogens is 338 g/mol. The van der Waals surface area contributed by atoms with Gasteiger partial charge in [0.25, 0.3) is 5.91 Å². The lowest BCUT2D eigenvalue weighted by Gasteiger charge is -2.37. The van der Waals surface area contributed by atoms with Gasteiger partial charge in [0, 0.05) is 24.3 Å². The summed E-state index contributed by atoms with van der Waals surface area (Å²) >= 11 is 0. The summed E-state index contributed by atoms with van der Waals surface area (Å²) < 4.78 is 12.6. The molecule has 0 bridgehead atoms. The number of hydrogen-bond acceptors (Lipinski definition) is 3. The molecule has 2 aromatic rings. The number of carbonyl (C=O) groups is 1. The van der Waals surface area contributed by atoms with Crippen molar-refractivity contribution in [2.75, 3.05) is 19.8 Å². The van der Waals surface area contributed by atoms with Crippen LogP contribution in [0.15, 0.2) is 72.0 Å². The van der Waals surface area contributed by atoms with Crippen LogP contribution in [0.25, 0.3) is 0 Å². The fourth-order valence-corrected chi connectivity index (χ4v) is 4.22. The SMILES string of the molecule is CC1=C2C(=O)NCCCCOCC2C(c2ccccc2)(c2ccccc2)O1. The van der Waals surface area contributed by atoms with Crippen molar-refractivity contribution in [2.45, 2.75) is 25.4 Å². The van der Waals surface area contributed by atoms with Gasteiger partial charge in [-0.3, -0.25) is 4.79 Å². The van der Waals surface area contributed by atoms with Gasteiger partial charge in [0.05, 0.1) is 18.1 Å². The van der Waals surface area contributed by atoms with Crippen molar-refractivity contribution >= 4 is 5.91 Å². The summed E-state index contributed by atoms with van der Waals surface area (Å²) in [5, 5.41) is 3.06. The van der Waals surface area contributed by atoms with E-state index < -0.39 is 5.60 Å². The van der Waals surface area contributed by atoms with Crippen molar-refractivity contribution in [3.05, 3.63) is 83.1 Å². The summed E-state index contributed by atoms with van der Waals surface area (Å²) in [4.78, 5) is 13.0. The van der Waals surface area contributed by atoms with E-state index in [0.717, 1.165) is 24.0 Å². The Morgan fingerprint density at radius 3 is 2.22 bits per heavy atom. The topological polar surface area (TPSA) is 47.6 Å². The molecule has 0 saturated carbocycles. The van der Waals surface area contributed by atoms with Crippen LogP contribution in [0.4, 0.5) is 0 Å². The highest BCUT2D eigenvalue weighted by Gasteiger charge is 2.53. The van der Waals surface area contributed by atoms with E-state index >= 15 is 0 Å². The molecule has 2 aliphatic rings. The van der Waals surface area contributed by atoms with Gasteiger partial charge in [-0.2, -0.15) is 0 Å². The van der Waals surface area contributed by atoms with Crippen molar-refractivity contribution < 1.29 is 14.3 Å². The first-order valence-electron chi connectivity index (χ1n) is 9.60. The average molecular weight is 363 g/mol. The second-order valence-electron chi connectivity index (χ2n) is 7.13. The molecule has 1 atom stereocenters.